The van der Waals surface area contributed by atoms with E-state index in [9.17, 15) is 14.4 Å². The summed E-state index contributed by atoms with van der Waals surface area (Å²) in [4.78, 5) is 34.9. The summed E-state index contributed by atoms with van der Waals surface area (Å²) < 4.78 is 0. The summed E-state index contributed by atoms with van der Waals surface area (Å²) >= 11 is 0. The first kappa shape index (κ1) is 20.8. The highest BCUT2D eigenvalue weighted by Crippen LogP contribution is 2.07. The highest BCUT2D eigenvalue weighted by Gasteiger charge is 2.18. The third-order valence-electron chi connectivity index (χ3n) is 3.75. The molecular weight excluding hydrogens is 280 g/mol. The highest BCUT2D eigenvalue weighted by molar-refractivity contribution is 5.86. The number of carbonyl (C=O) groups is 3. The summed E-state index contributed by atoms with van der Waals surface area (Å²) in [5, 5.41) is 5.88. The molecule has 0 aliphatic heterocycles. The Hall–Kier alpha value is -1.23. The van der Waals surface area contributed by atoms with E-state index in [0.29, 0.717) is 13.0 Å². The number of hydrogen-bond donors (Lipinski definition) is 2. The first-order valence-electron chi connectivity index (χ1n) is 8.30. The lowest BCUT2D eigenvalue weighted by molar-refractivity contribution is -0.126. The molecule has 22 heavy (non-hydrogen) atoms. The second-order valence-corrected chi connectivity index (χ2v) is 6.37. The fourth-order valence-electron chi connectivity index (χ4n) is 2.15. The molecule has 0 aromatic rings. The predicted octanol–water partition coefficient (Wildman–Crippen LogP) is 2.09. The third kappa shape index (κ3) is 8.93. The highest BCUT2D eigenvalue weighted by atomic mass is 16.2. The Morgan fingerprint density at radius 3 is 2.05 bits per heavy atom. The Kier molecular flexibility index (Phi) is 10.7. The number of nitrogens with one attached hydrogen (secondary N) is 2. The zero-order chi connectivity index (χ0) is 17.1. The summed E-state index contributed by atoms with van der Waals surface area (Å²) in [6.07, 6.45) is 3.09. The van der Waals surface area contributed by atoms with E-state index in [2.05, 4.69) is 10.6 Å². The van der Waals surface area contributed by atoms with Crippen LogP contribution in [0, 0.1) is 11.8 Å². The number of carbonyl (C=O) groups excluding carboxylic acids is 3. The molecule has 5 nitrogen and oxygen atoms in total. The van der Waals surface area contributed by atoms with Gasteiger partial charge in [0.1, 0.15) is 5.78 Å². The van der Waals surface area contributed by atoms with Crippen molar-refractivity contribution in [3.05, 3.63) is 0 Å². The Morgan fingerprint density at radius 2 is 1.55 bits per heavy atom. The normalized spacial score (nSPS) is 12.5. The molecule has 0 radical (unpaired) electrons. The van der Waals surface area contributed by atoms with Gasteiger partial charge in [-0.2, -0.15) is 0 Å². The van der Waals surface area contributed by atoms with Gasteiger partial charge in [0.25, 0.3) is 0 Å². The molecule has 0 heterocycles. The molecule has 0 bridgehead atoms. The largest absolute Gasteiger partial charge is 0.356 e. The van der Waals surface area contributed by atoms with Crippen molar-refractivity contribution in [2.75, 3.05) is 13.6 Å². The molecule has 0 aromatic heterocycles. The quantitative estimate of drug-likeness (QED) is 0.541. The fourth-order valence-corrected chi connectivity index (χ4v) is 2.15. The van der Waals surface area contributed by atoms with Gasteiger partial charge in [0.2, 0.25) is 5.91 Å². The topological polar surface area (TPSA) is 75.3 Å². The van der Waals surface area contributed by atoms with E-state index in [4.69, 9.17) is 0 Å². The van der Waals surface area contributed by atoms with Gasteiger partial charge in [-0.1, -0.05) is 27.7 Å². The van der Waals surface area contributed by atoms with Crippen molar-refractivity contribution in [3.8, 4) is 0 Å². The molecule has 0 saturated carbocycles. The summed E-state index contributed by atoms with van der Waals surface area (Å²) in [5.41, 5.74) is 0. The van der Waals surface area contributed by atoms with Gasteiger partial charge in [-0.25, -0.2) is 0 Å². The summed E-state index contributed by atoms with van der Waals surface area (Å²) in [7, 11) is 1.80. The van der Waals surface area contributed by atoms with E-state index >= 15 is 0 Å². The predicted molar refractivity (Wildman–Crippen MR) is 88.6 cm³/mol. The Morgan fingerprint density at radius 1 is 0.909 bits per heavy atom. The van der Waals surface area contributed by atoms with Gasteiger partial charge in [-0.05, 0) is 26.3 Å². The smallest absolute Gasteiger partial charge is 0.220 e. The average molecular weight is 312 g/mol. The van der Waals surface area contributed by atoms with E-state index in [1.807, 2.05) is 27.7 Å². The first-order chi connectivity index (χ1) is 10.3. The fraction of sp³-hybridized carbons (Fsp3) is 0.824. The number of ketones is 2. The summed E-state index contributed by atoms with van der Waals surface area (Å²) in [5.74, 6) is 0.316. The van der Waals surface area contributed by atoms with Crippen LogP contribution in [0.1, 0.15) is 59.8 Å². The molecule has 0 rings (SSSR count). The minimum absolute atomic E-state index is 0.00947. The van der Waals surface area contributed by atoms with Crippen LogP contribution in [-0.2, 0) is 14.4 Å². The third-order valence-corrected chi connectivity index (χ3v) is 3.75. The maximum absolute atomic E-state index is 11.9. The van der Waals surface area contributed by atoms with Gasteiger partial charge in [0, 0.05) is 31.2 Å². The number of Topliss-reactive ketones (excluding diaryl/α,β-unsaturated/α-hetero) is 2. The molecule has 1 amide bonds. The molecule has 0 fully saturated rings. The maximum Gasteiger partial charge on any atom is 0.220 e. The lowest BCUT2D eigenvalue weighted by atomic mass is 9.97. The number of likely N-dealkylation sites (N-methyl/N-ethyl adjacent to an activating group) is 1. The van der Waals surface area contributed by atoms with Crippen molar-refractivity contribution >= 4 is 17.5 Å². The van der Waals surface area contributed by atoms with Gasteiger partial charge in [-0.3, -0.25) is 14.4 Å². The lowest BCUT2D eigenvalue weighted by Crippen LogP contribution is -2.36. The van der Waals surface area contributed by atoms with Crippen LogP contribution in [0.4, 0.5) is 0 Å². The van der Waals surface area contributed by atoms with Crippen molar-refractivity contribution in [2.24, 2.45) is 11.8 Å². The zero-order valence-corrected chi connectivity index (χ0v) is 14.7. The molecular formula is C17H32N2O3. The molecule has 1 unspecified atom stereocenters. The minimum atomic E-state index is -0.0978. The van der Waals surface area contributed by atoms with Crippen molar-refractivity contribution in [1.82, 2.24) is 10.6 Å². The number of amides is 1. The van der Waals surface area contributed by atoms with Crippen LogP contribution in [0.15, 0.2) is 0 Å². The van der Waals surface area contributed by atoms with Gasteiger partial charge in [-0.15, -0.1) is 0 Å². The number of rotatable bonds is 12. The van der Waals surface area contributed by atoms with Crippen LogP contribution < -0.4 is 10.6 Å². The standard InChI is InChI=1S/C17H32N2O3/c1-12(2)15(20)9-10-16(21)19-11-7-6-8-14(18-5)17(22)13(3)4/h12-14,18H,6-11H2,1-5H3,(H,19,21). The van der Waals surface area contributed by atoms with Crippen LogP contribution >= 0.6 is 0 Å². The molecule has 0 spiro atoms. The Balaban J connectivity index is 3.78. The molecule has 0 aliphatic carbocycles. The van der Waals surface area contributed by atoms with E-state index in [0.717, 1.165) is 19.3 Å². The van der Waals surface area contributed by atoms with Crippen molar-refractivity contribution < 1.29 is 14.4 Å². The van der Waals surface area contributed by atoms with Gasteiger partial charge >= 0.3 is 0 Å². The molecule has 128 valence electrons. The van der Waals surface area contributed by atoms with E-state index < -0.39 is 0 Å². The second-order valence-electron chi connectivity index (χ2n) is 6.37. The SMILES string of the molecule is CNC(CCCCNC(=O)CCC(=O)C(C)C)C(=O)C(C)C. The van der Waals surface area contributed by atoms with Crippen molar-refractivity contribution in [1.29, 1.82) is 0 Å². The van der Waals surface area contributed by atoms with Gasteiger partial charge < -0.3 is 10.6 Å². The summed E-state index contributed by atoms with van der Waals surface area (Å²) in [6, 6.07) is -0.0978. The van der Waals surface area contributed by atoms with E-state index in [1.54, 1.807) is 7.05 Å². The monoisotopic (exact) mass is 312 g/mol. The van der Waals surface area contributed by atoms with E-state index in [-0.39, 0.29) is 41.8 Å². The molecule has 1 atom stereocenters. The van der Waals surface area contributed by atoms with Crippen LogP contribution in [0.2, 0.25) is 0 Å². The first-order valence-corrected chi connectivity index (χ1v) is 8.30. The Labute approximate surface area is 134 Å². The van der Waals surface area contributed by atoms with Crippen LogP contribution in [0.5, 0.6) is 0 Å². The van der Waals surface area contributed by atoms with E-state index in [1.165, 1.54) is 0 Å². The minimum Gasteiger partial charge on any atom is -0.356 e. The van der Waals surface area contributed by atoms with Crippen molar-refractivity contribution in [2.45, 2.75) is 65.8 Å². The zero-order valence-electron chi connectivity index (χ0n) is 14.7. The molecule has 0 aliphatic rings. The number of unbranched alkanes of at least 4 members (excludes halogenated alkanes) is 1. The van der Waals surface area contributed by atoms with Gasteiger partial charge in [0.05, 0.1) is 6.04 Å². The molecule has 2 N–H and O–H groups in total. The molecule has 0 aromatic carbocycles. The maximum atomic E-state index is 11.9. The van der Waals surface area contributed by atoms with Crippen molar-refractivity contribution in [3.63, 3.8) is 0 Å². The summed E-state index contributed by atoms with van der Waals surface area (Å²) in [6.45, 7) is 8.10. The Bertz CT molecular complexity index is 365. The average Bonchev–Trinajstić information content (AvgIpc) is 2.47. The van der Waals surface area contributed by atoms with Crippen LogP contribution in [-0.4, -0.2) is 37.1 Å². The second kappa shape index (κ2) is 11.4. The van der Waals surface area contributed by atoms with Gasteiger partial charge in [0.15, 0.2) is 5.78 Å². The number of hydrogen-bond acceptors (Lipinski definition) is 4. The molecule has 5 heteroatoms. The van der Waals surface area contributed by atoms with Crippen LogP contribution in [0.3, 0.4) is 0 Å². The molecule has 0 saturated heterocycles. The van der Waals surface area contributed by atoms with Crippen LogP contribution in [0.25, 0.3) is 0 Å². The lowest BCUT2D eigenvalue weighted by Gasteiger charge is -2.17.